The van der Waals surface area contributed by atoms with Gasteiger partial charge >= 0.3 is 6.18 Å². The molecule has 0 bridgehead atoms. The topological polar surface area (TPSA) is 46.0 Å². The van der Waals surface area contributed by atoms with E-state index in [4.69, 9.17) is 0 Å². The molecule has 2 heterocycles. The normalized spacial score (nSPS) is 12.0. The van der Waals surface area contributed by atoms with E-state index in [1.807, 2.05) is 0 Å². The zero-order chi connectivity index (χ0) is 15.0. The van der Waals surface area contributed by atoms with E-state index in [1.165, 1.54) is 23.5 Å². The van der Waals surface area contributed by atoms with Crippen LogP contribution in [0.2, 0.25) is 0 Å². The molecule has 0 spiro atoms. The highest BCUT2D eigenvalue weighted by Crippen LogP contribution is 2.33. The number of hydrogen-bond acceptors (Lipinski definition) is 4. The number of pyridine rings is 1. The molecule has 3 aromatic rings. The minimum atomic E-state index is -4.38. The highest BCUT2D eigenvalue weighted by molar-refractivity contribution is 7.18. The monoisotopic (exact) mass is 310 g/mol. The highest BCUT2D eigenvalue weighted by atomic mass is 32.1. The lowest BCUT2D eigenvalue weighted by atomic mass is 10.2. The first-order chi connectivity index (χ1) is 9.93. The Bertz CT molecular complexity index is 798. The quantitative estimate of drug-likeness (QED) is 0.778. The number of nitrogens with zero attached hydrogens (tertiary/aromatic N) is 2. The van der Waals surface area contributed by atoms with Gasteiger partial charge in [0.05, 0.1) is 26.5 Å². The summed E-state index contributed by atoms with van der Waals surface area (Å²) >= 11 is 1.29. The molecule has 0 radical (unpaired) electrons. The van der Waals surface area contributed by atoms with Crippen molar-refractivity contribution in [2.24, 2.45) is 0 Å². The Kier molecular flexibility index (Phi) is 3.29. The van der Waals surface area contributed by atoms with Crippen LogP contribution < -0.4 is 0 Å². The van der Waals surface area contributed by atoms with Crippen LogP contribution in [0, 0.1) is 0 Å². The molecular formula is C14H9F3N2OS. The first-order valence-electron chi connectivity index (χ1n) is 6.03. The fourth-order valence-electron chi connectivity index (χ4n) is 1.94. The average molecular weight is 310 g/mol. The third-order valence-corrected chi connectivity index (χ3v) is 3.98. The van der Waals surface area contributed by atoms with Crippen LogP contribution >= 0.6 is 11.3 Å². The molecule has 3 nitrogen and oxygen atoms in total. The van der Waals surface area contributed by atoms with Crippen molar-refractivity contribution in [3.8, 4) is 5.75 Å². The maximum absolute atomic E-state index is 12.7. The lowest BCUT2D eigenvalue weighted by Crippen LogP contribution is -2.03. The van der Waals surface area contributed by atoms with Crippen molar-refractivity contribution >= 4 is 21.6 Å². The molecule has 3 rings (SSSR count). The molecule has 0 fully saturated rings. The number of aromatic hydroxyl groups is 1. The van der Waals surface area contributed by atoms with Crippen molar-refractivity contribution < 1.29 is 18.3 Å². The molecule has 0 saturated carbocycles. The van der Waals surface area contributed by atoms with Crippen LogP contribution in [0.25, 0.3) is 10.2 Å². The third kappa shape index (κ3) is 2.82. The van der Waals surface area contributed by atoms with E-state index >= 15 is 0 Å². The number of aromatic nitrogens is 2. The lowest BCUT2D eigenvalue weighted by Gasteiger charge is -2.04. The Balaban J connectivity index is 1.96. The summed E-state index contributed by atoms with van der Waals surface area (Å²) in [5.74, 6) is 0.0488. The lowest BCUT2D eigenvalue weighted by molar-refractivity contribution is -0.137. The predicted octanol–water partition coefficient (Wildman–Crippen LogP) is 4.01. The summed E-state index contributed by atoms with van der Waals surface area (Å²) < 4.78 is 38.6. The molecule has 2 aromatic heterocycles. The molecule has 0 aliphatic rings. The second-order valence-electron chi connectivity index (χ2n) is 4.43. The van der Waals surface area contributed by atoms with Gasteiger partial charge in [-0.2, -0.15) is 13.2 Å². The summed E-state index contributed by atoms with van der Waals surface area (Å²) in [5, 5.41) is 10.3. The van der Waals surface area contributed by atoms with E-state index in [0.717, 1.165) is 12.1 Å². The van der Waals surface area contributed by atoms with E-state index < -0.39 is 11.7 Å². The Labute approximate surface area is 121 Å². The van der Waals surface area contributed by atoms with Gasteiger partial charge in [0, 0.05) is 12.6 Å². The van der Waals surface area contributed by atoms with Gasteiger partial charge in [0.15, 0.2) is 0 Å². The van der Waals surface area contributed by atoms with Crippen LogP contribution in [0.4, 0.5) is 13.2 Å². The van der Waals surface area contributed by atoms with Crippen molar-refractivity contribution in [1.29, 1.82) is 0 Å². The van der Waals surface area contributed by atoms with Gasteiger partial charge in [-0.1, -0.05) is 0 Å². The molecule has 1 aromatic carbocycles. The minimum Gasteiger partial charge on any atom is -0.506 e. The Hall–Kier alpha value is -2.15. The SMILES string of the molecule is Oc1cccnc1Cc1nc2cc(C(F)(F)F)ccc2s1. The van der Waals surface area contributed by atoms with Gasteiger partial charge in [0.2, 0.25) is 0 Å². The zero-order valence-corrected chi connectivity index (χ0v) is 11.4. The molecule has 0 aliphatic carbocycles. The van der Waals surface area contributed by atoms with E-state index in [2.05, 4.69) is 9.97 Å². The van der Waals surface area contributed by atoms with Crippen molar-refractivity contribution in [3.63, 3.8) is 0 Å². The molecule has 0 amide bonds. The number of alkyl halides is 3. The van der Waals surface area contributed by atoms with Gasteiger partial charge in [0.25, 0.3) is 0 Å². The van der Waals surface area contributed by atoms with Gasteiger partial charge in [0.1, 0.15) is 5.75 Å². The van der Waals surface area contributed by atoms with Gasteiger partial charge in [-0.05, 0) is 30.3 Å². The molecule has 0 unspecified atom stereocenters. The van der Waals surface area contributed by atoms with E-state index in [-0.39, 0.29) is 12.2 Å². The summed E-state index contributed by atoms with van der Waals surface area (Å²) in [6, 6.07) is 6.61. The molecule has 21 heavy (non-hydrogen) atoms. The Morgan fingerprint density at radius 3 is 2.71 bits per heavy atom. The zero-order valence-electron chi connectivity index (χ0n) is 10.6. The van der Waals surface area contributed by atoms with Crippen molar-refractivity contribution in [1.82, 2.24) is 9.97 Å². The van der Waals surface area contributed by atoms with Crippen LogP contribution in [0.1, 0.15) is 16.3 Å². The van der Waals surface area contributed by atoms with Crippen molar-refractivity contribution in [3.05, 3.63) is 52.8 Å². The van der Waals surface area contributed by atoms with Crippen LogP contribution in [0.15, 0.2) is 36.5 Å². The van der Waals surface area contributed by atoms with Gasteiger partial charge in [-0.25, -0.2) is 4.98 Å². The first kappa shape index (κ1) is 13.8. The third-order valence-electron chi connectivity index (χ3n) is 2.94. The van der Waals surface area contributed by atoms with Crippen LogP contribution in [-0.2, 0) is 12.6 Å². The fraction of sp³-hybridized carbons (Fsp3) is 0.143. The standard InChI is InChI=1S/C14H9F3N2OS/c15-14(16,17)8-3-4-12-10(6-8)19-13(21-12)7-9-11(20)2-1-5-18-9/h1-6,20H,7H2. The second-order valence-corrected chi connectivity index (χ2v) is 5.55. The molecule has 0 saturated heterocycles. The number of thiazole rings is 1. The summed E-state index contributed by atoms with van der Waals surface area (Å²) in [6.45, 7) is 0. The van der Waals surface area contributed by atoms with E-state index in [9.17, 15) is 18.3 Å². The number of halogens is 3. The van der Waals surface area contributed by atoms with Crippen LogP contribution in [0.5, 0.6) is 5.75 Å². The summed E-state index contributed by atoms with van der Waals surface area (Å²) in [7, 11) is 0. The first-order valence-corrected chi connectivity index (χ1v) is 6.84. The smallest absolute Gasteiger partial charge is 0.416 e. The van der Waals surface area contributed by atoms with Crippen LogP contribution in [-0.4, -0.2) is 15.1 Å². The minimum absolute atomic E-state index is 0.0488. The number of hydrogen-bond donors (Lipinski definition) is 1. The van der Waals surface area contributed by atoms with Crippen molar-refractivity contribution in [2.45, 2.75) is 12.6 Å². The maximum Gasteiger partial charge on any atom is 0.416 e. The molecule has 0 atom stereocenters. The number of fused-ring (bicyclic) bond motifs is 1. The molecule has 7 heteroatoms. The van der Waals surface area contributed by atoms with Gasteiger partial charge in [-0.15, -0.1) is 11.3 Å². The predicted molar refractivity (Wildman–Crippen MR) is 73.3 cm³/mol. The van der Waals surface area contributed by atoms with Crippen LogP contribution in [0.3, 0.4) is 0 Å². The van der Waals surface area contributed by atoms with Crippen molar-refractivity contribution in [2.75, 3.05) is 0 Å². The van der Waals surface area contributed by atoms with Gasteiger partial charge in [-0.3, -0.25) is 4.98 Å². The molecule has 1 N–H and O–H groups in total. The fourth-order valence-corrected chi connectivity index (χ4v) is 2.89. The average Bonchev–Trinajstić information content (AvgIpc) is 2.81. The highest BCUT2D eigenvalue weighted by Gasteiger charge is 2.30. The molecule has 0 aliphatic heterocycles. The van der Waals surface area contributed by atoms with E-state index in [1.54, 1.807) is 12.3 Å². The maximum atomic E-state index is 12.7. The summed E-state index contributed by atoms with van der Waals surface area (Å²) in [6.07, 6.45) is -2.55. The Morgan fingerprint density at radius 1 is 1.19 bits per heavy atom. The Morgan fingerprint density at radius 2 is 2.00 bits per heavy atom. The largest absolute Gasteiger partial charge is 0.506 e. The summed E-state index contributed by atoms with van der Waals surface area (Å²) in [5.41, 5.74) is 0.0420. The number of benzene rings is 1. The summed E-state index contributed by atoms with van der Waals surface area (Å²) in [4.78, 5) is 8.23. The second kappa shape index (κ2) is 5.00. The van der Waals surface area contributed by atoms with Gasteiger partial charge < -0.3 is 5.11 Å². The van der Waals surface area contributed by atoms with E-state index in [0.29, 0.717) is 20.9 Å². The molecule has 108 valence electrons. The number of rotatable bonds is 2. The molecular weight excluding hydrogens is 301 g/mol.